The van der Waals surface area contributed by atoms with Crippen molar-refractivity contribution in [3.8, 4) is 0 Å². The van der Waals surface area contributed by atoms with Gasteiger partial charge in [0, 0.05) is 20.1 Å². The fourth-order valence-corrected chi connectivity index (χ4v) is 2.75. The largest absolute Gasteiger partial charge is 0.389 e. The summed E-state index contributed by atoms with van der Waals surface area (Å²) in [6.07, 6.45) is 0. The number of fused-ring (bicyclic) bond motifs is 1. The van der Waals surface area contributed by atoms with Crippen LogP contribution < -0.4 is 10.2 Å². The van der Waals surface area contributed by atoms with Crippen molar-refractivity contribution in [3.05, 3.63) is 11.4 Å². The molecule has 0 aliphatic carbocycles. The molecule has 19 heavy (non-hydrogen) atoms. The van der Waals surface area contributed by atoms with Crippen LogP contribution in [0.4, 0.5) is 11.8 Å². The molecule has 0 atom stereocenters. The number of rotatable bonds is 5. The minimum Gasteiger partial charge on any atom is -0.389 e. The highest BCUT2D eigenvalue weighted by Gasteiger charge is 2.21. The van der Waals surface area contributed by atoms with E-state index in [2.05, 4.69) is 27.1 Å². The second-order valence-corrected chi connectivity index (χ2v) is 5.98. The summed E-state index contributed by atoms with van der Waals surface area (Å²) < 4.78 is 0. The first-order chi connectivity index (χ1) is 8.94. The van der Waals surface area contributed by atoms with Crippen LogP contribution in [0.2, 0.25) is 0 Å². The molecule has 0 radical (unpaired) electrons. The van der Waals surface area contributed by atoms with Gasteiger partial charge in [-0.15, -0.1) is 11.3 Å². The third kappa shape index (κ3) is 3.13. The van der Waals surface area contributed by atoms with Crippen molar-refractivity contribution in [2.75, 3.05) is 30.4 Å². The molecule has 6 heteroatoms. The minimum atomic E-state index is -0.761. The summed E-state index contributed by atoms with van der Waals surface area (Å²) >= 11 is 1.60. The van der Waals surface area contributed by atoms with Gasteiger partial charge >= 0.3 is 0 Å². The topological polar surface area (TPSA) is 61.3 Å². The van der Waals surface area contributed by atoms with Crippen LogP contribution in [-0.2, 0) is 0 Å². The SMILES string of the molecule is CCN(CC(C)(C)O)c1nc(NC)nc2sccc12. The van der Waals surface area contributed by atoms with Crippen molar-refractivity contribution in [1.82, 2.24) is 9.97 Å². The van der Waals surface area contributed by atoms with Crippen LogP contribution in [0, 0.1) is 0 Å². The summed E-state index contributed by atoms with van der Waals surface area (Å²) in [6.45, 7) is 7.00. The van der Waals surface area contributed by atoms with Crippen molar-refractivity contribution in [1.29, 1.82) is 0 Å². The standard InChI is InChI=1S/C13H20N4OS/c1-5-17(8-13(2,3)18)10-9-6-7-19-11(9)16-12(14-4)15-10/h6-7,18H,5,8H2,1-4H3,(H,14,15,16). The van der Waals surface area contributed by atoms with Gasteiger partial charge in [-0.3, -0.25) is 0 Å². The third-order valence-corrected chi connectivity index (χ3v) is 3.59. The summed E-state index contributed by atoms with van der Waals surface area (Å²) in [7, 11) is 1.81. The summed E-state index contributed by atoms with van der Waals surface area (Å²) in [4.78, 5) is 12.0. The number of nitrogens with zero attached hydrogens (tertiary/aromatic N) is 3. The zero-order chi connectivity index (χ0) is 14.0. The summed E-state index contributed by atoms with van der Waals surface area (Å²) in [5.74, 6) is 1.49. The average molecular weight is 280 g/mol. The molecule has 2 rings (SSSR count). The molecule has 0 saturated heterocycles. The predicted molar refractivity (Wildman–Crippen MR) is 81.1 cm³/mol. The highest BCUT2D eigenvalue weighted by molar-refractivity contribution is 7.16. The fraction of sp³-hybridized carbons (Fsp3) is 0.538. The molecule has 0 spiro atoms. The van der Waals surface area contributed by atoms with Gasteiger partial charge < -0.3 is 15.3 Å². The van der Waals surface area contributed by atoms with E-state index in [9.17, 15) is 5.11 Å². The first-order valence-corrected chi connectivity index (χ1v) is 7.23. The normalized spacial score (nSPS) is 11.8. The predicted octanol–water partition coefficient (Wildman–Crippen LogP) is 2.33. The molecule has 0 saturated carbocycles. The molecular weight excluding hydrogens is 260 g/mol. The number of likely N-dealkylation sites (N-methyl/N-ethyl adjacent to an activating group) is 1. The van der Waals surface area contributed by atoms with Crippen molar-refractivity contribution < 1.29 is 5.11 Å². The first kappa shape index (κ1) is 14.0. The molecule has 0 aliphatic heterocycles. The van der Waals surface area contributed by atoms with E-state index in [0.29, 0.717) is 12.5 Å². The second-order valence-electron chi connectivity index (χ2n) is 5.09. The van der Waals surface area contributed by atoms with Gasteiger partial charge in [-0.1, -0.05) is 0 Å². The molecule has 2 N–H and O–H groups in total. The third-order valence-electron chi connectivity index (χ3n) is 2.79. The molecule has 5 nitrogen and oxygen atoms in total. The van der Waals surface area contributed by atoms with Crippen LogP contribution in [0.15, 0.2) is 11.4 Å². The number of hydrogen-bond donors (Lipinski definition) is 2. The minimum absolute atomic E-state index is 0.536. The molecule has 0 aliphatic rings. The van der Waals surface area contributed by atoms with Crippen molar-refractivity contribution >= 4 is 33.3 Å². The van der Waals surface area contributed by atoms with E-state index in [0.717, 1.165) is 22.6 Å². The Morgan fingerprint density at radius 3 is 2.74 bits per heavy atom. The van der Waals surface area contributed by atoms with E-state index >= 15 is 0 Å². The first-order valence-electron chi connectivity index (χ1n) is 6.35. The maximum Gasteiger partial charge on any atom is 0.225 e. The molecule has 0 amide bonds. The molecule has 0 bridgehead atoms. The number of aliphatic hydroxyl groups is 1. The van der Waals surface area contributed by atoms with E-state index in [1.54, 1.807) is 25.2 Å². The molecule has 2 aromatic rings. The quantitative estimate of drug-likeness (QED) is 0.880. The van der Waals surface area contributed by atoms with Crippen LogP contribution in [0.3, 0.4) is 0 Å². The maximum absolute atomic E-state index is 10.0. The smallest absolute Gasteiger partial charge is 0.225 e. The van der Waals surface area contributed by atoms with Gasteiger partial charge in [0.05, 0.1) is 11.0 Å². The Hall–Kier alpha value is -1.40. The van der Waals surface area contributed by atoms with Crippen LogP contribution in [0.5, 0.6) is 0 Å². The van der Waals surface area contributed by atoms with Crippen molar-refractivity contribution in [3.63, 3.8) is 0 Å². The molecule has 0 unspecified atom stereocenters. The maximum atomic E-state index is 10.0. The zero-order valence-corrected chi connectivity index (χ0v) is 12.6. The molecule has 0 aromatic carbocycles. The van der Waals surface area contributed by atoms with Gasteiger partial charge in [0.15, 0.2) is 0 Å². The fourth-order valence-electron chi connectivity index (χ4n) is 2.00. The van der Waals surface area contributed by atoms with Gasteiger partial charge in [-0.25, -0.2) is 4.98 Å². The Balaban J connectivity index is 2.48. The number of aromatic nitrogens is 2. The summed E-state index contributed by atoms with van der Waals surface area (Å²) in [6, 6.07) is 2.03. The summed E-state index contributed by atoms with van der Waals surface area (Å²) in [5.41, 5.74) is -0.761. The van der Waals surface area contributed by atoms with E-state index < -0.39 is 5.60 Å². The van der Waals surface area contributed by atoms with Crippen LogP contribution in [-0.4, -0.2) is 40.8 Å². The Morgan fingerprint density at radius 2 is 2.16 bits per heavy atom. The van der Waals surface area contributed by atoms with Crippen LogP contribution in [0.1, 0.15) is 20.8 Å². The van der Waals surface area contributed by atoms with Gasteiger partial charge in [0.25, 0.3) is 0 Å². The lowest BCUT2D eigenvalue weighted by Crippen LogP contribution is -2.39. The molecule has 104 valence electrons. The van der Waals surface area contributed by atoms with Crippen molar-refractivity contribution in [2.45, 2.75) is 26.4 Å². The van der Waals surface area contributed by atoms with Crippen LogP contribution in [0.25, 0.3) is 10.2 Å². The molecule has 2 heterocycles. The zero-order valence-electron chi connectivity index (χ0n) is 11.8. The summed E-state index contributed by atoms with van der Waals surface area (Å²) in [5, 5.41) is 16.1. The Labute approximate surface area is 117 Å². The molecule has 2 aromatic heterocycles. The second kappa shape index (κ2) is 5.30. The highest BCUT2D eigenvalue weighted by atomic mass is 32.1. The van der Waals surface area contributed by atoms with E-state index in [1.807, 2.05) is 18.5 Å². The lowest BCUT2D eigenvalue weighted by atomic mass is 10.1. The number of anilines is 2. The van der Waals surface area contributed by atoms with Gasteiger partial charge in [0.2, 0.25) is 5.95 Å². The van der Waals surface area contributed by atoms with E-state index in [4.69, 9.17) is 0 Å². The van der Waals surface area contributed by atoms with Crippen molar-refractivity contribution in [2.24, 2.45) is 0 Å². The lowest BCUT2D eigenvalue weighted by molar-refractivity contribution is 0.0875. The monoisotopic (exact) mass is 280 g/mol. The Kier molecular flexibility index (Phi) is 3.91. The lowest BCUT2D eigenvalue weighted by Gasteiger charge is -2.29. The van der Waals surface area contributed by atoms with E-state index in [-0.39, 0.29) is 0 Å². The Morgan fingerprint density at radius 1 is 1.42 bits per heavy atom. The number of thiophene rings is 1. The highest BCUT2D eigenvalue weighted by Crippen LogP contribution is 2.29. The van der Waals surface area contributed by atoms with Gasteiger partial charge in [-0.05, 0) is 32.2 Å². The molecule has 0 fully saturated rings. The molecular formula is C13H20N4OS. The van der Waals surface area contributed by atoms with E-state index in [1.165, 1.54) is 0 Å². The number of nitrogens with one attached hydrogen (secondary N) is 1. The Bertz CT molecular complexity index is 561. The average Bonchev–Trinajstić information content (AvgIpc) is 2.81. The number of hydrogen-bond acceptors (Lipinski definition) is 6. The van der Waals surface area contributed by atoms with Crippen LogP contribution >= 0.6 is 11.3 Å². The van der Waals surface area contributed by atoms with Gasteiger partial charge in [-0.2, -0.15) is 4.98 Å². The van der Waals surface area contributed by atoms with Gasteiger partial charge in [0.1, 0.15) is 10.6 Å².